The molecular weight excluding hydrogens is 561 g/mol. The van der Waals surface area contributed by atoms with E-state index in [0.29, 0.717) is 16.8 Å². The highest BCUT2D eigenvalue weighted by Gasteiger charge is 2.40. The molecule has 2 N–H and O–H groups in total. The first kappa shape index (κ1) is 28.0. The number of alkyl halides is 3. The Morgan fingerprint density at radius 2 is 1.78 bits per heavy atom. The van der Waals surface area contributed by atoms with Gasteiger partial charge in [0.05, 0.1) is 11.6 Å². The minimum atomic E-state index is -4.53. The van der Waals surface area contributed by atoms with Gasteiger partial charge in [-0.3, -0.25) is 4.79 Å². The molecule has 0 aliphatic carbocycles. The Bertz CT molecular complexity index is 1200. The molecule has 2 aromatic carbocycles. The minimum Gasteiger partial charge on any atom is -0.462 e. The fraction of sp³-hybridized carbons (Fsp3) is 0.308. The predicted octanol–water partition coefficient (Wildman–Crippen LogP) is 6.31. The smallest absolute Gasteiger partial charge is 0.417 e. The zero-order chi connectivity index (χ0) is 26.7. The molecule has 5 nitrogen and oxygen atoms in total. The van der Waals surface area contributed by atoms with Crippen LogP contribution < -0.4 is 10.1 Å². The maximum absolute atomic E-state index is 13.2. The van der Waals surface area contributed by atoms with E-state index in [9.17, 15) is 23.1 Å². The number of aromatic nitrogens is 1. The van der Waals surface area contributed by atoms with Crippen LogP contribution in [0.15, 0.2) is 71.3 Å². The van der Waals surface area contributed by atoms with Crippen LogP contribution in [0.4, 0.5) is 13.2 Å². The predicted molar refractivity (Wildman–Crippen MR) is 135 cm³/mol. The molecule has 0 spiro atoms. The van der Waals surface area contributed by atoms with Crippen molar-refractivity contribution in [2.24, 2.45) is 0 Å². The van der Waals surface area contributed by atoms with Crippen molar-refractivity contribution in [3.8, 4) is 5.88 Å². The number of halogens is 5. The van der Waals surface area contributed by atoms with Crippen molar-refractivity contribution < 1.29 is 27.8 Å². The average Bonchev–Trinajstić information content (AvgIpc) is 2.80. The van der Waals surface area contributed by atoms with E-state index >= 15 is 0 Å². The van der Waals surface area contributed by atoms with Crippen LogP contribution in [0, 0.1) is 0 Å². The number of pyridine rings is 1. The van der Waals surface area contributed by atoms with Crippen LogP contribution >= 0.6 is 27.5 Å². The Balaban J connectivity index is 1.82. The van der Waals surface area contributed by atoms with Crippen LogP contribution in [0.2, 0.25) is 5.02 Å². The van der Waals surface area contributed by atoms with Gasteiger partial charge in [-0.1, -0.05) is 51.8 Å². The molecule has 0 aliphatic heterocycles. The molecule has 1 unspecified atom stereocenters. The molecule has 1 heterocycles. The van der Waals surface area contributed by atoms with Gasteiger partial charge in [-0.05, 0) is 62.2 Å². The number of hydrogen-bond donors (Lipinski definition) is 2. The SMILES string of the molecule is C[C@@H](NC(=O)C(C)(C)Oc1ccc(C(F)(F)F)cn1)C(O)(Cc1ccc(Cl)cc1)c1cccc(Br)c1. The molecule has 3 aromatic rings. The average molecular weight is 586 g/mol. The minimum absolute atomic E-state index is 0.140. The molecular formula is C26H25BrClF3N2O3. The highest BCUT2D eigenvalue weighted by molar-refractivity contribution is 9.10. The lowest BCUT2D eigenvalue weighted by Gasteiger charge is -2.37. The standard InChI is InChI=1S/C26H25BrClF3N2O3/c1-16(33-23(34)24(2,3)36-22-12-9-19(15-32-22)26(29,30)31)25(35,18-5-4-6-20(27)13-18)14-17-7-10-21(28)11-8-17/h4-13,15-16,35H,14H2,1-3H3,(H,33,34)/t16-,25?/m1/s1. The van der Waals surface area contributed by atoms with Gasteiger partial charge < -0.3 is 15.2 Å². The Kier molecular flexibility index (Phi) is 8.37. The van der Waals surface area contributed by atoms with E-state index in [1.165, 1.54) is 13.8 Å². The number of nitrogens with zero attached hydrogens (tertiary/aromatic N) is 1. The van der Waals surface area contributed by atoms with Crippen LogP contribution in [0.3, 0.4) is 0 Å². The lowest BCUT2D eigenvalue weighted by atomic mass is 9.81. The van der Waals surface area contributed by atoms with E-state index in [4.69, 9.17) is 16.3 Å². The molecule has 0 saturated carbocycles. The fourth-order valence-electron chi connectivity index (χ4n) is 3.58. The van der Waals surface area contributed by atoms with Crippen LogP contribution in [0.25, 0.3) is 0 Å². The summed E-state index contributed by atoms with van der Waals surface area (Å²) in [6.45, 7) is 4.60. The van der Waals surface area contributed by atoms with Gasteiger partial charge in [0.25, 0.3) is 5.91 Å². The lowest BCUT2D eigenvalue weighted by molar-refractivity contribution is -0.139. The number of aliphatic hydroxyl groups is 1. The number of benzene rings is 2. The monoisotopic (exact) mass is 584 g/mol. The van der Waals surface area contributed by atoms with Crippen molar-refractivity contribution in [1.82, 2.24) is 10.3 Å². The van der Waals surface area contributed by atoms with Crippen molar-refractivity contribution >= 4 is 33.4 Å². The van der Waals surface area contributed by atoms with Crippen LogP contribution in [-0.4, -0.2) is 27.6 Å². The maximum atomic E-state index is 13.2. The lowest BCUT2D eigenvalue weighted by Crippen LogP contribution is -2.56. The van der Waals surface area contributed by atoms with Crippen LogP contribution in [-0.2, 0) is 23.0 Å². The topological polar surface area (TPSA) is 71.5 Å². The first-order valence-electron chi connectivity index (χ1n) is 11.0. The highest BCUT2D eigenvalue weighted by Crippen LogP contribution is 2.33. The number of amides is 1. The van der Waals surface area contributed by atoms with Gasteiger partial charge in [-0.2, -0.15) is 13.2 Å². The number of carbonyl (C=O) groups is 1. The second-order valence-corrected chi connectivity index (χ2v) is 10.3. The summed E-state index contributed by atoms with van der Waals surface area (Å²) in [5.41, 5.74) is -2.57. The van der Waals surface area contributed by atoms with Crippen molar-refractivity contribution in [3.05, 3.63) is 93.0 Å². The molecule has 3 rings (SSSR count). The van der Waals surface area contributed by atoms with Crippen molar-refractivity contribution in [2.45, 2.75) is 50.6 Å². The third-order valence-corrected chi connectivity index (χ3v) is 6.49. The zero-order valence-corrected chi connectivity index (χ0v) is 22.1. The van der Waals surface area contributed by atoms with Crippen LogP contribution in [0.1, 0.15) is 37.5 Å². The molecule has 192 valence electrons. The second-order valence-electron chi connectivity index (χ2n) is 8.93. The van der Waals surface area contributed by atoms with E-state index < -0.39 is 34.9 Å². The van der Waals surface area contributed by atoms with E-state index in [2.05, 4.69) is 26.2 Å². The summed E-state index contributed by atoms with van der Waals surface area (Å²) in [5.74, 6) is -0.722. The summed E-state index contributed by atoms with van der Waals surface area (Å²) < 4.78 is 44.8. The molecule has 0 radical (unpaired) electrons. The molecule has 10 heteroatoms. The number of hydrogen-bond acceptors (Lipinski definition) is 4. The second kappa shape index (κ2) is 10.8. The molecule has 2 atom stereocenters. The summed E-state index contributed by atoms with van der Waals surface area (Å²) in [6.07, 6.45) is -3.72. The van der Waals surface area contributed by atoms with Crippen molar-refractivity contribution in [3.63, 3.8) is 0 Å². The third kappa shape index (κ3) is 6.78. The Hall–Kier alpha value is -2.62. The van der Waals surface area contributed by atoms with Crippen molar-refractivity contribution in [1.29, 1.82) is 0 Å². The molecule has 0 fully saturated rings. The Morgan fingerprint density at radius 3 is 2.33 bits per heavy atom. The molecule has 1 aromatic heterocycles. The van der Waals surface area contributed by atoms with Gasteiger partial charge in [-0.25, -0.2) is 4.98 Å². The van der Waals surface area contributed by atoms with Gasteiger partial charge in [0, 0.05) is 28.2 Å². The summed E-state index contributed by atoms with van der Waals surface area (Å²) in [4.78, 5) is 16.8. The van der Waals surface area contributed by atoms with Gasteiger partial charge in [-0.15, -0.1) is 0 Å². The van der Waals surface area contributed by atoms with E-state index in [0.717, 1.165) is 22.2 Å². The largest absolute Gasteiger partial charge is 0.462 e. The Morgan fingerprint density at radius 1 is 1.11 bits per heavy atom. The summed E-state index contributed by atoms with van der Waals surface area (Å²) in [6, 6.07) is 15.3. The first-order chi connectivity index (χ1) is 16.7. The zero-order valence-electron chi connectivity index (χ0n) is 19.7. The number of rotatable bonds is 8. The molecule has 1 amide bonds. The van der Waals surface area contributed by atoms with Gasteiger partial charge in [0.1, 0.15) is 5.60 Å². The fourth-order valence-corrected chi connectivity index (χ4v) is 4.11. The first-order valence-corrected chi connectivity index (χ1v) is 12.1. The van der Waals surface area contributed by atoms with Crippen molar-refractivity contribution in [2.75, 3.05) is 0 Å². The Labute approximate surface area is 220 Å². The molecule has 0 saturated heterocycles. The van der Waals surface area contributed by atoms with E-state index in [1.807, 2.05) is 6.07 Å². The van der Waals surface area contributed by atoms with Gasteiger partial charge in [0.2, 0.25) is 5.88 Å². The van der Waals surface area contributed by atoms with Gasteiger partial charge >= 0.3 is 6.18 Å². The van der Waals surface area contributed by atoms with Crippen LogP contribution in [0.5, 0.6) is 5.88 Å². The highest BCUT2D eigenvalue weighted by atomic mass is 79.9. The summed E-state index contributed by atoms with van der Waals surface area (Å²) >= 11 is 9.42. The van der Waals surface area contributed by atoms with E-state index in [-0.39, 0.29) is 12.3 Å². The maximum Gasteiger partial charge on any atom is 0.417 e. The number of ether oxygens (including phenoxy) is 1. The molecule has 0 aliphatic rings. The normalized spacial score (nSPS) is 14.6. The third-order valence-electron chi connectivity index (χ3n) is 5.75. The van der Waals surface area contributed by atoms with E-state index in [1.54, 1.807) is 49.4 Å². The summed E-state index contributed by atoms with van der Waals surface area (Å²) in [7, 11) is 0. The summed E-state index contributed by atoms with van der Waals surface area (Å²) in [5, 5.41) is 15.2. The number of carbonyl (C=O) groups excluding carboxylic acids is 1. The molecule has 36 heavy (non-hydrogen) atoms. The molecule has 0 bridgehead atoms. The quantitative estimate of drug-likeness (QED) is 0.325. The number of nitrogens with one attached hydrogen (secondary N) is 1. The van der Waals surface area contributed by atoms with Gasteiger partial charge in [0.15, 0.2) is 5.60 Å².